The topological polar surface area (TPSA) is 63.2 Å². The van der Waals surface area contributed by atoms with Gasteiger partial charge in [-0.15, -0.1) is 0 Å². The molecule has 0 amide bonds. The van der Waals surface area contributed by atoms with E-state index in [0.717, 1.165) is 25.9 Å². The van der Waals surface area contributed by atoms with Crippen LogP contribution in [0, 0.1) is 0 Å². The van der Waals surface area contributed by atoms with Crippen LogP contribution < -0.4 is 0 Å². The summed E-state index contributed by atoms with van der Waals surface area (Å²) in [5.74, 6) is -1.38. The van der Waals surface area contributed by atoms with E-state index in [-0.39, 0.29) is 24.3 Å². The molecule has 29 heavy (non-hydrogen) atoms. The van der Waals surface area contributed by atoms with Crippen molar-refractivity contribution in [2.75, 3.05) is 13.7 Å². The first-order chi connectivity index (χ1) is 13.7. The highest BCUT2D eigenvalue weighted by Gasteiger charge is 2.39. The van der Waals surface area contributed by atoms with E-state index < -0.39 is 11.6 Å². The fourth-order valence-electron chi connectivity index (χ4n) is 4.00. The Hall–Kier alpha value is -0.950. The van der Waals surface area contributed by atoms with E-state index in [4.69, 9.17) is 18.9 Å². The molecule has 2 fully saturated rings. The molecule has 0 aromatic carbocycles. The van der Waals surface area contributed by atoms with Crippen molar-refractivity contribution in [3.05, 3.63) is 12.2 Å². The highest BCUT2D eigenvalue weighted by molar-refractivity contribution is 5.81. The van der Waals surface area contributed by atoms with Crippen molar-refractivity contribution in [1.29, 1.82) is 0 Å². The standard InChI is InChI=1S/C23H40O6/c1-22(2)26-17-18(27-22)13-11-9-7-6-8-10-12-14-19-20(15-16-21(24)25-5)29-23(3,4)28-19/h15-16,18-20H,6-14,17H2,1-5H3/b16-15+/t18-,19-,20-/m0/s1. The second-order valence-electron chi connectivity index (χ2n) is 9.02. The number of methoxy groups -OCH3 is 1. The third-order valence-corrected chi connectivity index (χ3v) is 5.43. The largest absolute Gasteiger partial charge is 0.466 e. The van der Waals surface area contributed by atoms with Gasteiger partial charge in [-0.05, 0) is 46.6 Å². The van der Waals surface area contributed by atoms with Gasteiger partial charge in [0.25, 0.3) is 0 Å². The maximum atomic E-state index is 11.3. The molecule has 2 aliphatic heterocycles. The van der Waals surface area contributed by atoms with Crippen LogP contribution in [-0.4, -0.2) is 49.6 Å². The minimum atomic E-state index is -0.612. The summed E-state index contributed by atoms with van der Waals surface area (Å²) in [4.78, 5) is 11.3. The van der Waals surface area contributed by atoms with Crippen molar-refractivity contribution in [3.8, 4) is 0 Å². The second-order valence-corrected chi connectivity index (χ2v) is 9.02. The normalized spacial score (nSPS) is 28.2. The quantitative estimate of drug-likeness (QED) is 0.258. The van der Waals surface area contributed by atoms with E-state index in [1.54, 1.807) is 6.08 Å². The lowest BCUT2D eigenvalue weighted by Crippen LogP contribution is -2.21. The zero-order valence-electron chi connectivity index (χ0n) is 18.9. The van der Waals surface area contributed by atoms with E-state index in [0.29, 0.717) is 0 Å². The molecule has 2 rings (SSSR count). The average molecular weight is 413 g/mol. The molecule has 2 heterocycles. The second kappa shape index (κ2) is 11.4. The van der Waals surface area contributed by atoms with Gasteiger partial charge in [0, 0.05) is 6.08 Å². The molecule has 2 saturated heterocycles. The van der Waals surface area contributed by atoms with E-state index in [1.165, 1.54) is 51.7 Å². The van der Waals surface area contributed by atoms with Crippen molar-refractivity contribution in [2.45, 2.75) is 115 Å². The van der Waals surface area contributed by atoms with Crippen LogP contribution in [0.3, 0.4) is 0 Å². The molecular weight excluding hydrogens is 372 g/mol. The molecule has 0 bridgehead atoms. The van der Waals surface area contributed by atoms with E-state index >= 15 is 0 Å². The number of ether oxygens (including phenoxy) is 5. The maximum Gasteiger partial charge on any atom is 0.330 e. The van der Waals surface area contributed by atoms with Crippen LogP contribution in [0.1, 0.15) is 85.5 Å². The van der Waals surface area contributed by atoms with Gasteiger partial charge in [-0.25, -0.2) is 4.79 Å². The minimum Gasteiger partial charge on any atom is -0.466 e. The number of esters is 1. The highest BCUT2D eigenvalue weighted by Crippen LogP contribution is 2.32. The first-order valence-electron chi connectivity index (χ1n) is 11.1. The van der Waals surface area contributed by atoms with Gasteiger partial charge in [-0.1, -0.05) is 44.9 Å². The summed E-state index contributed by atoms with van der Waals surface area (Å²) < 4.78 is 28.0. The van der Waals surface area contributed by atoms with Crippen LogP contribution in [0.25, 0.3) is 0 Å². The summed E-state index contributed by atoms with van der Waals surface area (Å²) in [5.41, 5.74) is 0. The van der Waals surface area contributed by atoms with Crippen LogP contribution in [0.2, 0.25) is 0 Å². The van der Waals surface area contributed by atoms with Gasteiger partial charge in [0.1, 0.15) is 6.10 Å². The van der Waals surface area contributed by atoms with Gasteiger partial charge in [0.05, 0.1) is 25.9 Å². The third-order valence-electron chi connectivity index (χ3n) is 5.43. The number of unbranched alkanes of at least 4 members (excludes halogenated alkanes) is 6. The predicted octanol–water partition coefficient (Wildman–Crippen LogP) is 4.90. The average Bonchev–Trinajstić information content (AvgIpc) is 3.15. The molecule has 0 saturated carbocycles. The Labute approximate surface area is 176 Å². The molecular formula is C23H40O6. The minimum absolute atomic E-state index is 0.0104. The van der Waals surface area contributed by atoms with Gasteiger partial charge < -0.3 is 23.7 Å². The fraction of sp³-hybridized carbons (Fsp3) is 0.870. The molecule has 3 atom stereocenters. The molecule has 0 unspecified atom stereocenters. The van der Waals surface area contributed by atoms with Crippen LogP contribution in [0.15, 0.2) is 12.2 Å². The lowest BCUT2D eigenvalue weighted by molar-refractivity contribution is -0.144. The van der Waals surface area contributed by atoms with E-state index in [1.807, 2.05) is 27.7 Å². The number of carbonyl (C=O) groups excluding carboxylic acids is 1. The van der Waals surface area contributed by atoms with Gasteiger partial charge in [-0.3, -0.25) is 0 Å². The lowest BCUT2D eigenvalue weighted by atomic mass is 10.0. The van der Waals surface area contributed by atoms with Crippen molar-refractivity contribution < 1.29 is 28.5 Å². The summed E-state index contributed by atoms with van der Waals surface area (Å²) in [7, 11) is 1.37. The van der Waals surface area contributed by atoms with Gasteiger partial charge in [0.2, 0.25) is 0 Å². The molecule has 0 spiro atoms. The smallest absolute Gasteiger partial charge is 0.330 e. The number of hydrogen-bond acceptors (Lipinski definition) is 6. The van der Waals surface area contributed by atoms with Gasteiger partial charge >= 0.3 is 5.97 Å². The molecule has 6 nitrogen and oxygen atoms in total. The van der Waals surface area contributed by atoms with E-state index in [9.17, 15) is 4.79 Å². The van der Waals surface area contributed by atoms with Gasteiger partial charge in [0.15, 0.2) is 11.6 Å². The lowest BCUT2D eigenvalue weighted by Gasteiger charge is -2.17. The molecule has 0 aromatic rings. The van der Waals surface area contributed by atoms with Crippen molar-refractivity contribution in [3.63, 3.8) is 0 Å². The zero-order chi connectivity index (χ0) is 21.3. The maximum absolute atomic E-state index is 11.3. The number of rotatable bonds is 12. The molecule has 2 aliphatic rings. The van der Waals surface area contributed by atoms with E-state index in [2.05, 4.69) is 4.74 Å². The van der Waals surface area contributed by atoms with Crippen LogP contribution in [0.5, 0.6) is 0 Å². The Morgan fingerprint density at radius 2 is 1.52 bits per heavy atom. The number of hydrogen-bond donors (Lipinski definition) is 0. The van der Waals surface area contributed by atoms with Crippen LogP contribution in [-0.2, 0) is 28.5 Å². The molecule has 0 aliphatic carbocycles. The summed E-state index contributed by atoms with van der Waals surface area (Å²) in [5, 5.41) is 0. The molecule has 6 heteroatoms. The predicted molar refractivity (Wildman–Crippen MR) is 111 cm³/mol. The molecule has 0 N–H and O–H groups in total. The van der Waals surface area contributed by atoms with Gasteiger partial charge in [-0.2, -0.15) is 0 Å². The van der Waals surface area contributed by atoms with Crippen LogP contribution >= 0.6 is 0 Å². The van der Waals surface area contributed by atoms with Crippen LogP contribution in [0.4, 0.5) is 0 Å². The highest BCUT2D eigenvalue weighted by atomic mass is 16.8. The Balaban J connectivity index is 1.51. The summed E-state index contributed by atoms with van der Waals surface area (Å²) in [6.45, 7) is 8.51. The summed E-state index contributed by atoms with van der Waals surface area (Å²) in [6, 6.07) is 0. The Kier molecular flexibility index (Phi) is 9.60. The summed E-state index contributed by atoms with van der Waals surface area (Å²) in [6.07, 6.45) is 13.8. The Morgan fingerprint density at radius 1 is 0.897 bits per heavy atom. The SMILES string of the molecule is COC(=O)/C=C/[C@@H]1OC(C)(C)O[C@H]1CCCCCCCCC[C@H]1COC(C)(C)O1. The van der Waals surface area contributed by atoms with Crippen molar-refractivity contribution in [2.24, 2.45) is 0 Å². The zero-order valence-corrected chi connectivity index (χ0v) is 18.9. The fourth-order valence-corrected chi connectivity index (χ4v) is 4.00. The monoisotopic (exact) mass is 412 g/mol. The Bertz CT molecular complexity index is 527. The molecule has 168 valence electrons. The van der Waals surface area contributed by atoms with Crippen molar-refractivity contribution in [1.82, 2.24) is 0 Å². The molecule has 0 radical (unpaired) electrons. The first kappa shape index (κ1) is 24.3. The Morgan fingerprint density at radius 3 is 2.10 bits per heavy atom. The molecule has 0 aromatic heterocycles. The number of carbonyl (C=O) groups is 1. The third kappa shape index (κ3) is 9.16. The summed E-state index contributed by atoms with van der Waals surface area (Å²) >= 11 is 0. The van der Waals surface area contributed by atoms with Crippen molar-refractivity contribution >= 4 is 5.97 Å². The first-order valence-corrected chi connectivity index (χ1v) is 11.1.